The molecular weight excluding hydrogens is 791 g/mol. The van der Waals surface area contributed by atoms with E-state index in [9.17, 15) is 24.0 Å². The van der Waals surface area contributed by atoms with Crippen LogP contribution in [0.1, 0.15) is 91.0 Å². The molecule has 0 spiro atoms. The van der Waals surface area contributed by atoms with E-state index < -0.39 is 70.9 Å². The van der Waals surface area contributed by atoms with Crippen molar-refractivity contribution >= 4 is 30.1 Å². The first-order valence-electron chi connectivity index (χ1n) is 20.5. The third-order valence-corrected chi connectivity index (χ3v) is 8.86. The predicted molar refractivity (Wildman–Crippen MR) is 235 cm³/mol. The maximum Gasteiger partial charge on any atom is 0.429 e. The molecule has 0 fully saturated rings. The fourth-order valence-corrected chi connectivity index (χ4v) is 6.22. The summed E-state index contributed by atoms with van der Waals surface area (Å²) in [5, 5.41) is 9.35. The van der Waals surface area contributed by atoms with Gasteiger partial charge < -0.3 is 34.9 Å². The summed E-state index contributed by atoms with van der Waals surface area (Å²) in [6, 6.07) is 34.6. The zero-order valence-corrected chi connectivity index (χ0v) is 37.2. The maximum absolute atomic E-state index is 14.6. The summed E-state index contributed by atoms with van der Waals surface area (Å²) in [5.41, 5.74) is 1.71. The van der Waals surface area contributed by atoms with Gasteiger partial charge in [-0.2, -0.15) is 0 Å². The van der Waals surface area contributed by atoms with Crippen molar-refractivity contribution in [3.63, 3.8) is 0 Å². The van der Waals surface area contributed by atoms with Crippen LogP contribution in [0.2, 0.25) is 0 Å². The average molecular weight is 852 g/mol. The van der Waals surface area contributed by atoms with Crippen LogP contribution in [0.25, 0.3) is 0 Å². The van der Waals surface area contributed by atoms with Gasteiger partial charge in [-0.15, -0.1) is 0 Å². The summed E-state index contributed by atoms with van der Waals surface area (Å²) >= 11 is 0. The highest BCUT2D eigenvalue weighted by Crippen LogP contribution is 2.37. The molecule has 0 heterocycles. The van der Waals surface area contributed by atoms with E-state index in [1.807, 2.05) is 118 Å². The van der Waals surface area contributed by atoms with Crippen molar-refractivity contribution in [3.05, 3.63) is 144 Å². The van der Waals surface area contributed by atoms with E-state index in [2.05, 4.69) is 21.4 Å². The molecular formula is C48H61N5O9. The highest BCUT2D eigenvalue weighted by Gasteiger charge is 2.40. The summed E-state index contributed by atoms with van der Waals surface area (Å²) in [6.45, 7) is 15.0. The van der Waals surface area contributed by atoms with Crippen molar-refractivity contribution in [1.29, 1.82) is 0 Å². The van der Waals surface area contributed by atoms with Gasteiger partial charge in [-0.25, -0.2) is 19.4 Å². The molecule has 4 aromatic rings. The standard InChI is InChI=1S/C48H61N5O9/c1-45(2,3)60-33-38(49-43(57)61-46(4,5)6)31-53(44(58)62-47(7,8)9)52-41(55)39(50-42(56)59-32-34-22-14-10-15-23-34)30-40(54)51-48(35-24-16-11-17-25-35,36-26-18-12-19-27-36)37-28-20-13-21-29-37/h10-29,38-39H,30-33H2,1-9H3,(H,49,57)(H,50,56)(H,51,54)(H,52,55)/t38-,39?/m1/s1. The lowest BCUT2D eigenvalue weighted by Crippen LogP contribution is -2.60. The normalized spacial score (nSPS) is 12.8. The maximum atomic E-state index is 14.6. The second-order valence-electron chi connectivity index (χ2n) is 17.7. The molecule has 0 aliphatic rings. The molecule has 0 aliphatic heterocycles. The van der Waals surface area contributed by atoms with Gasteiger partial charge in [-0.1, -0.05) is 121 Å². The number of hydrogen-bond acceptors (Lipinski definition) is 9. The first kappa shape index (κ1) is 48.3. The van der Waals surface area contributed by atoms with Crippen LogP contribution in [-0.2, 0) is 40.7 Å². The number of amides is 5. The van der Waals surface area contributed by atoms with Crippen LogP contribution < -0.4 is 21.4 Å². The van der Waals surface area contributed by atoms with E-state index in [-0.39, 0.29) is 19.8 Å². The van der Waals surface area contributed by atoms with Crippen molar-refractivity contribution in [1.82, 2.24) is 26.4 Å². The molecule has 0 radical (unpaired) electrons. The highest BCUT2D eigenvalue weighted by atomic mass is 16.6. The molecule has 0 aromatic heterocycles. The number of rotatable bonds is 15. The van der Waals surface area contributed by atoms with Crippen molar-refractivity contribution in [2.75, 3.05) is 13.2 Å². The van der Waals surface area contributed by atoms with Gasteiger partial charge in [-0.3, -0.25) is 15.0 Å². The Labute approximate surface area is 365 Å². The molecule has 2 atom stereocenters. The van der Waals surface area contributed by atoms with Crippen LogP contribution in [0.3, 0.4) is 0 Å². The lowest BCUT2D eigenvalue weighted by atomic mass is 9.77. The lowest BCUT2D eigenvalue weighted by Gasteiger charge is -2.37. The van der Waals surface area contributed by atoms with Crippen LogP contribution in [0, 0.1) is 0 Å². The lowest BCUT2D eigenvalue weighted by molar-refractivity contribution is -0.132. The second-order valence-corrected chi connectivity index (χ2v) is 17.7. The minimum absolute atomic E-state index is 0.103. The minimum atomic E-state index is -1.61. The van der Waals surface area contributed by atoms with Gasteiger partial charge in [0.25, 0.3) is 5.91 Å². The monoisotopic (exact) mass is 851 g/mol. The zero-order chi connectivity index (χ0) is 45.6. The molecule has 14 heteroatoms. The number of benzene rings is 4. The Hall–Kier alpha value is -6.41. The number of nitrogens with one attached hydrogen (secondary N) is 4. The Morgan fingerprint density at radius 1 is 0.581 bits per heavy atom. The van der Waals surface area contributed by atoms with Crippen LogP contribution in [-0.4, -0.2) is 77.1 Å². The topological polar surface area (TPSA) is 174 Å². The van der Waals surface area contributed by atoms with Crippen LogP contribution in [0.5, 0.6) is 0 Å². The third-order valence-electron chi connectivity index (χ3n) is 8.86. The number of hydrazine groups is 1. The van der Waals surface area contributed by atoms with Gasteiger partial charge in [0.1, 0.15) is 29.4 Å². The van der Waals surface area contributed by atoms with Crippen molar-refractivity contribution in [3.8, 4) is 0 Å². The number of ether oxygens (including phenoxy) is 4. The Bertz CT molecular complexity index is 1970. The molecule has 0 bridgehead atoms. The fraction of sp³-hybridized carbons (Fsp3) is 0.396. The van der Waals surface area contributed by atoms with Crippen molar-refractivity contribution < 1.29 is 42.9 Å². The summed E-state index contributed by atoms with van der Waals surface area (Å²) in [4.78, 5) is 69.4. The van der Waals surface area contributed by atoms with E-state index in [0.717, 1.165) is 21.7 Å². The summed E-state index contributed by atoms with van der Waals surface area (Å²) in [5.74, 6) is -1.59. The van der Waals surface area contributed by atoms with Gasteiger partial charge >= 0.3 is 18.3 Å². The molecule has 0 aliphatic carbocycles. The van der Waals surface area contributed by atoms with Crippen LogP contribution in [0.4, 0.5) is 14.4 Å². The van der Waals surface area contributed by atoms with Crippen LogP contribution in [0.15, 0.2) is 121 Å². The molecule has 332 valence electrons. The highest BCUT2D eigenvalue weighted by molar-refractivity contribution is 5.92. The summed E-state index contributed by atoms with van der Waals surface area (Å²) in [7, 11) is 0. The predicted octanol–water partition coefficient (Wildman–Crippen LogP) is 7.76. The van der Waals surface area contributed by atoms with Gasteiger partial charge in [0.2, 0.25) is 5.91 Å². The van der Waals surface area contributed by atoms with Gasteiger partial charge in [0, 0.05) is 0 Å². The molecule has 1 unspecified atom stereocenters. The molecule has 4 aromatic carbocycles. The first-order valence-corrected chi connectivity index (χ1v) is 20.5. The number of alkyl carbamates (subject to hydrolysis) is 2. The smallest absolute Gasteiger partial charge is 0.429 e. The molecule has 14 nitrogen and oxygen atoms in total. The van der Waals surface area contributed by atoms with E-state index in [4.69, 9.17) is 18.9 Å². The fourth-order valence-electron chi connectivity index (χ4n) is 6.22. The van der Waals surface area contributed by atoms with Gasteiger partial charge in [0.15, 0.2) is 0 Å². The third kappa shape index (κ3) is 15.6. The van der Waals surface area contributed by atoms with E-state index >= 15 is 0 Å². The van der Waals surface area contributed by atoms with Crippen molar-refractivity contribution in [2.45, 2.75) is 110 Å². The Morgan fingerprint density at radius 3 is 1.50 bits per heavy atom. The van der Waals surface area contributed by atoms with Crippen LogP contribution >= 0.6 is 0 Å². The summed E-state index contributed by atoms with van der Waals surface area (Å²) in [6.07, 6.45) is -3.36. The first-order chi connectivity index (χ1) is 29.1. The van der Waals surface area contributed by atoms with Crippen molar-refractivity contribution in [2.24, 2.45) is 0 Å². The van der Waals surface area contributed by atoms with E-state index in [1.54, 1.807) is 65.8 Å². The molecule has 0 saturated heterocycles. The number of carbonyl (C=O) groups excluding carboxylic acids is 5. The quantitative estimate of drug-likeness (QED) is 0.0530. The Morgan fingerprint density at radius 2 is 1.05 bits per heavy atom. The molecule has 4 rings (SSSR count). The number of carbonyl (C=O) groups is 5. The molecule has 5 amide bonds. The Balaban J connectivity index is 1.72. The average Bonchev–Trinajstić information content (AvgIpc) is 3.20. The Kier molecular flexibility index (Phi) is 16.7. The largest absolute Gasteiger partial charge is 0.445 e. The summed E-state index contributed by atoms with van der Waals surface area (Å²) < 4.78 is 22.6. The number of hydrogen-bond donors (Lipinski definition) is 4. The zero-order valence-electron chi connectivity index (χ0n) is 37.2. The van der Waals surface area contributed by atoms with E-state index in [0.29, 0.717) is 5.56 Å². The molecule has 62 heavy (non-hydrogen) atoms. The minimum Gasteiger partial charge on any atom is -0.445 e. The van der Waals surface area contributed by atoms with Gasteiger partial charge in [0.05, 0.1) is 31.2 Å². The molecule has 4 N–H and O–H groups in total. The number of nitrogens with zero attached hydrogens (tertiary/aromatic N) is 1. The molecule has 0 saturated carbocycles. The van der Waals surface area contributed by atoms with Gasteiger partial charge in [-0.05, 0) is 84.6 Å². The SMILES string of the molecule is CC(C)(C)OC[C@@H](CN(NC(=O)C(CC(=O)NC(c1ccccc1)(c1ccccc1)c1ccccc1)NC(=O)OCc1ccccc1)C(=O)OC(C)(C)C)NC(=O)OC(C)(C)C. The van der Waals surface area contributed by atoms with E-state index in [1.165, 1.54) is 0 Å². The second kappa shape index (κ2) is 21.4.